The number of imidazole rings is 1. The summed E-state index contributed by atoms with van der Waals surface area (Å²) in [4.78, 5) is 35.9. The van der Waals surface area contributed by atoms with Crippen LogP contribution in [0.2, 0.25) is 5.02 Å². The third-order valence-electron chi connectivity index (χ3n) is 5.01. The number of carbonyl (C=O) groups is 2. The summed E-state index contributed by atoms with van der Waals surface area (Å²) in [6, 6.07) is 18.1. The lowest BCUT2D eigenvalue weighted by Crippen LogP contribution is -2.30. The molecule has 5 rings (SSSR count). The van der Waals surface area contributed by atoms with Crippen molar-refractivity contribution in [1.29, 1.82) is 0 Å². The van der Waals surface area contributed by atoms with E-state index in [9.17, 15) is 9.59 Å². The van der Waals surface area contributed by atoms with Gasteiger partial charge in [-0.15, -0.1) is 0 Å². The number of benzene rings is 2. The number of carbonyl (C=O) groups excluding carboxylic acids is 2. The molecule has 142 valence electrons. The molecule has 0 radical (unpaired) electrons. The molecule has 0 bridgehead atoms. The fraction of sp³-hybridized carbons (Fsp3) is 0.0909. The van der Waals surface area contributed by atoms with Crippen molar-refractivity contribution < 1.29 is 9.59 Å². The van der Waals surface area contributed by atoms with Crippen LogP contribution < -0.4 is 0 Å². The Morgan fingerprint density at radius 2 is 1.52 bits per heavy atom. The SMILES string of the molecule is O=C1c2ccccc2C(=O)N1Cc1nc2cccnc2n1Cc1ccc(Cl)cc1. The maximum absolute atomic E-state index is 12.8. The first kappa shape index (κ1) is 17.6. The van der Waals surface area contributed by atoms with Gasteiger partial charge in [0, 0.05) is 11.2 Å². The van der Waals surface area contributed by atoms with Crippen LogP contribution in [0.25, 0.3) is 11.2 Å². The second-order valence-electron chi connectivity index (χ2n) is 6.83. The number of pyridine rings is 1. The summed E-state index contributed by atoms with van der Waals surface area (Å²) in [5.41, 5.74) is 3.29. The number of nitrogens with zero attached hydrogens (tertiary/aromatic N) is 4. The first-order chi connectivity index (χ1) is 14.1. The summed E-state index contributed by atoms with van der Waals surface area (Å²) in [7, 11) is 0. The van der Waals surface area contributed by atoms with E-state index in [2.05, 4.69) is 9.97 Å². The molecule has 1 aliphatic rings. The Bertz CT molecular complexity index is 1230. The molecule has 2 aromatic heterocycles. The molecule has 0 spiro atoms. The van der Waals surface area contributed by atoms with Crippen molar-refractivity contribution in [1.82, 2.24) is 19.4 Å². The molecule has 7 heteroatoms. The van der Waals surface area contributed by atoms with E-state index in [1.54, 1.807) is 30.5 Å². The Hall–Kier alpha value is -3.51. The molecule has 4 aromatic rings. The highest BCUT2D eigenvalue weighted by molar-refractivity contribution is 6.30. The van der Waals surface area contributed by atoms with Gasteiger partial charge in [0.25, 0.3) is 11.8 Å². The van der Waals surface area contributed by atoms with E-state index in [0.29, 0.717) is 39.7 Å². The summed E-state index contributed by atoms with van der Waals surface area (Å²) >= 11 is 6.00. The topological polar surface area (TPSA) is 68.1 Å². The van der Waals surface area contributed by atoms with E-state index >= 15 is 0 Å². The van der Waals surface area contributed by atoms with Gasteiger partial charge < -0.3 is 4.57 Å². The zero-order valence-corrected chi connectivity index (χ0v) is 16.0. The second kappa shape index (κ2) is 6.83. The van der Waals surface area contributed by atoms with Crippen molar-refractivity contribution in [2.24, 2.45) is 0 Å². The number of hydrogen-bond donors (Lipinski definition) is 0. The molecule has 0 unspecified atom stereocenters. The van der Waals surface area contributed by atoms with E-state index in [0.717, 1.165) is 5.56 Å². The molecule has 29 heavy (non-hydrogen) atoms. The van der Waals surface area contributed by atoms with Gasteiger partial charge in [0.15, 0.2) is 5.65 Å². The van der Waals surface area contributed by atoms with Gasteiger partial charge in [-0.2, -0.15) is 0 Å². The minimum atomic E-state index is -0.302. The maximum atomic E-state index is 12.8. The molecule has 0 atom stereocenters. The molecule has 0 saturated heterocycles. The number of aromatic nitrogens is 3. The molecule has 0 aliphatic carbocycles. The van der Waals surface area contributed by atoms with Crippen molar-refractivity contribution in [3.8, 4) is 0 Å². The Morgan fingerprint density at radius 3 is 2.21 bits per heavy atom. The Labute approximate surface area is 171 Å². The van der Waals surface area contributed by atoms with Gasteiger partial charge in [0.2, 0.25) is 0 Å². The standard InChI is InChI=1S/C22H15ClN4O2/c23-15-9-7-14(8-10-15)12-26-19(25-18-6-3-11-24-20(18)26)13-27-21(28)16-4-1-2-5-17(16)22(27)29/h1-11H,12-13H2. The summed E-state index contributed by atoms with van der Waals surface area (Å²) in [6.07, 6.45) is 1.70. The van der Waals surface area contributed by atoms with Crippen LogP contribution in [0.4, 0.5) is 0 Å². The van der Waals surface area contributed by atoms with Crippen LogP contribution in [-0.2, 0) is 13.1 Å². The number of hydrogen-bond acceptors (Lipinski definition) is 4. The van der Waals surface area contributed by atoms with Crippen LogP contribution in [0.5, 0.6) is 0 Å². The van der Waals surface area contributed by atoms with E-state index in [1.807, 2.05) is 41.0 Å². The first-order valence-electron chi connectivity index (χ1n) is 9.11. The summed E-state index contributed by atoms with van der Waals surface area (Å²) < 4.78 is 1.93. The molecular weight excluding hydrogens is 388 g/mol. The van der Waals surface area contributed by atoms with Crippen LogP contribution in [-0.4, -0.2) is 31.2 Å². The number of halogens is 1. The van der Waals surface area contributed by atoms with E-state index in [1.165, 1.54) is 4.90 Å². The van der Waals surface area contributed by atoms with Gasteiger partial charge in [-0.05, 0) is 42.0 Å². The van der Waals surface area contributed by atoms with Crippen LogP contribution >= 0.6 is 11.6 Å². The number of imide groups is 1. The molecule has 0 N–H and O–H groups in total. The third kappa shape index (κ3) is 2.98. The third-order valence-corrected chi connectivity index (χ3v) is 5.27. The van der Waals surface area contributed by atoms with Gasteiger partial charge in [-0.3, -0.25) is 14.5 Å². The molecule has 2 aromatic carbocycles. The van der Waals surface area contributed by atoms with Crippen LogP contribution in [0.15, 0.2) is 66.9 Å². The molecular formula is C22H15ClN4O2. The number of amides is 2. The van der Waals surface area contributed by atoms with E-state index < -0.39 is 0 Å². The minimum Gasteiger partial charge on any atom is -0.307 e. The Morgan fingerprint density at radius 1 is 0.828 bits per heavy atom. The molecule has 0 saturated carbocycles. The molecule has 0 fully saturated rings. The van der Waals surface area contributed by atoms with Crippen molar-refractivity contribution >= 4 is 34.6 Å². The maximum Gasteiger partial charge on any atom is 0.261 e. The van der Waals surface area contributed by atoms with Gasteiger partial charge in [-0.25, -0.2) is 9.97 Å². The molecule has 1 aliphatic heterocycles. The quantitative estimate of drug-likeness (QED) is 0.485. The lowest BCUT2D eigenvalue weighted by molar-refractivity contribution is 0.0637. The highest BCUT2D eigenvalue weighted by Gasteiger charge is 2.36. The average Bonchev–Trinajstić information content (AvgIpc) is 3.21. The monoisotopic (exact) mass is 402 g/mol. The largest absolute Gasteiger partial charge is 0.307 e. The fourth-order valence-corrected chi connectivity index (χ4v) is 3.71. The van der Waals surface area contributed by atoms with E-state index in [-0.39, 0.29) is 18.4 Å². The van der Waals surface area contributed by atoms with Crippen LogP contribution in [0.1, 0.15) is 32.1 Å². The summed E-state index contributed by atoms with van der Waals surface area (Å²) in [5, 5.41) is 0.661. The minimum absolute atomic E-state index is 0.0797. The first-order valence-corrected chi connectivity index (χ1v) is 9.49. The zero-order valence-electron chi connectivity index (χ0n) is 15.2. The Balaban J connectivity index is 1.54. The van der Waals surface area contributed by atoms with Gasteiger partial charge >= 0.3 is 0 Å². The molecule has 2 amide bonds. The van der Waals surface area contributed by atoms with Gasteiger partial charge in [0.1, 0.15) is 11.3 Å². The summed E-state index contributed by atoms with van der Waals surface area (Å²) in [5.74, 6) is -0.00419. The predicted octanol–water partition coefficient (Wildman–Crippen LogP) is 3.93. The normalized spacial score (nSPS) is 13.3. The highest BCUT2D eigenvalue weighted by atomic mass is 35.5. The second-order valence-corrected chi connectivity index (χ2v) is 7.27. The Kier molecular flexibility index (Phi) is 4.14. The molecule has 6 nitrogen and oxygen atoms in total. The predicted molar refractivity (Wildman–Crippen MR) is 109 cm³/mol. The van der Waals surface area contributed by atoms with Crippen molar-refractivity contribution in [3.63, 3.8) is 0 Å². The van der Waals surface area contributed by atoms with Crippen LogP contribution in [0.3, 0.4) is 0 Å². The fourth-order valence-electron chi connectivity index (χ4n) is 3.59. The highest BCUT2D eigenvalue weighted by Crippen LogP contribution is 2.25. The van der Waals surface area contributed by atoms with Gasteiger partial charge in [0.05, 0.1) is 24.2 Å². The summed E-state index contributed by atoms with van der Waals surface area (Å²) in [6.45, 7) is 0.583. The van der Waals surface area contributed by atoms with Crippen molar-refractivity contribution in [2.75, 3.05) is 0 Å². The molecule has 3 heterocycles. The van der Waals surface area contributed by atoms with E-state index in [4.69, 9.17) is 11.6 Å². The lowest BCUT2D eigenvalue weighted by atomic mass is 10.1. The van der Waals surface area contributed by atoms with Crippen molar-refractivity contribution in [3.05, 3.63) is 94.4 Å². The zero-order chi connectivity index (χ0) is 20.0. The van der Waals surface area contributed by atoms with Gasteiger partial charge in [-0.1, -0.05) is 35.9 Å². The van der Waals surface area contributed by atoms with Crippen molar-refractivity contribution in [2.45, 2.75) is 13.1 Å². The van der Waals surface area contributed by atoms with Crippen LogP contribution in [0, 0.1) is 0 Å². The average molecular weight is 403 g/mol. The number of rotatable bonds is 4. The lowest BCUT2D eigenvalue weighted by Gasteiger charge is -2.15. The smallest absolute Gasteiger partial charge is 0.261 e. The number of fused-ring (bicyclic) bond motifs is 2.